The second kappa shape index (κ2) is 15.9. The number of rotatable bonds is 4. The monoisotopic (exact) mass is 456 g/mol. The third-order valence-corrected chi connectivity index (χ3v) is 5.78. The Kier molecular flexibility index (Phi) is 15.5. The van der Waals surface area contributed by atoms with Crippen LogP contribution in [0.5, 0.6) is 11.5 Å². The Balaban J connectivity index is 0.000000530. The average Bonchev–Trinajstić information content (AvgIpc) is 3.10. The van der Waals surface area contributed by atoms with Crippen LogP contribution in [0.1, 0.15) is 52.2 Å². The summed E-state index contributed by atoms with van der Waals surface area (Å²) in [6.45, 7) is 10.0. The molecule has 1 aromatic heterocycles. The Bertz CT molecular complexity index is 754. The molecule has 0 unspecified atom stereocenters. The standard InChI is InChI=1S/C13H18NOS.C8H11NO2.C2H4.K/c1-9-8-12(16-10(9)2)13(15)14-11-6-4-3-5-7-11;1-10-6-3-4-7(9)8(5-6)11-2;1-2;/h11H,3-7H2,1-2H3,(H,14,15);3-5H,9H2,1-2H3;1-2H2;/q-1;;;+1. The van der Waals surface area contributed by atoms with Crippen LogP contribution in [0.3, 0.4) is 0 Å². The second-order valence-electron chi connectivity index (χ2n) is 6.65. The molecule has 30 heavy (non-hydrogen) atoms. The van der Waals surface area contributed by atoms with Gasteiger partial charge < -0.3 is 25.3 Å². The predicted molar refractivity (Wildman–Crippen MR) is 122 cm³/mol. The zero-order chi connectivity index (χ0) is 21.8. The average molecular weight is 457 g/mol. The van der Waals surface area contributed by atoms with Crippen LogP contribution in [0, 0.1) is 19.9 Å². The summed E-state index contributed by atoms with van der Waals surface area (Å²) >= 11 is 1.54. The molecule has 1 aliphatic carbocycles. The number of anilines is 1. The van der Waals surface area contributed by atoms with E-state index >= 15 is 0 Å². The fourth-order valence-corrected chi connectivity index (χ4v) is 3.80. The van der Waals surface area contributed by atoms with Gasteiger partial charge in [0, 0.05) is 12.1 Å². The smallest absolute Gasteiger partial charge is 0.497 e. The quantitative estimate of drug-likeness (QED) is 0.321. The van der Waals surface area contributed by atoms with Crippen molar-refractivity contribution < 1.29 is 65.7 Å². The number of thiophene rings is 1. The Morgan fingerprint density at radius 2 is 1.80 bits per heavy atom. The molecule has 1 saturated carbocycles. The number of methoxy groups -OCH3 is 2. The molecular weight excluding hydrogens is 423 g/mol. The molecule has 160 valence electrons. The summed E-state index contributed by atoms with van der Waals surface area (Å²) < 4.78 is 9.96. The van der Waals surface area contributed by atoms with Crippen molar-refractivity contribution in [3.63, 3.8) is 0 Å². The summed E-state index contributed by atoms with van der Waals surface area (Å²) in [5.41, 5.74) is 7.29. The molecule has 3 rings (SSSR count). The first kappa shape index (κ1) is 29.2. The van der Waals surface area contributed by atoms with E-state index in [0.717, 1.165) is 29.0 Å². The van der Waals surface area contributed by atoms with E-state index < -0.39 is 0 Å². The number of aryl methyl sites for hydroxylation is 2. The number of amides is 1. The number of nitrogens with two attached hydrogens (primary N) is 1. The van der Waals surface area contributed by atoms with Crippen LogP contribution in [0.15, 0.2) is 31.4 Å². The van der Waals surface area contributed by atoms with E-state index in [1.54, 1.807) is 43.8 Å². The van der Waals surface area contributed by atoms with Gasteiger partial charge in [-0.1, -0.05) is 38.0 Å². The molecule has 1 aromatic carbocycles. The maximum Gasteiger partial charge on any atom is 1.00 e. The zero-order valence-corrected chi connectivity index (χ0v) is 22.9. The molecule has 0 bridgehead atoms. The third kappa shape index (κ3) is 9.54. The molecular formula is C23H33KN2O3S. The van der Waals surface area contributed by atoms with Gasteiger partial charge in [0.25, 0.3) is 0 Å². The molecule has 1 fully saturated rings. The van der Waals surface area contributed by atoms with Gasteiger partial charge in [0.05, 0.1) is 19.9 Å². The molecule has 0 saturated heterocycles. The summed E-state index contributed by atoms with van der Waals surface area (Å²) in [6.07, 6.45) is 6.08. The van der Waals surface area contributed by atoms with Crippen molar-refractivity contribution in [2.24, 2.45) is 0 Å². The number of nitrogens with one attached hydrogen (secondary N) is 1. The number of carbonyl (C=O) groups is 1. The summed E-state index contributed by atoms with van der Waals surface area (Å²) in [6, 6.07) is 8.81. The molecule has 0 aliphatic heterocycles. The maximum absolute atomic E-state index is 11.9. The molecule has 1 heterocycles. The van der Waals surface area contributed by atoms with Gasteiger partial charge in [-0.25, -0.2) is 11.3 Å². The molecule has 2 aromatic rings. The van der Waals surface area contributed by atoms with Crippen molar-refractivity contribution in [3.05, 3.63) is 52.7 Å². The van der Waals surface area contributed by atoms with Crippen LogP contribution < -0.4 is 71.9 Å². The molecule has 7 heteroatoms. The summed E-state index contributed by atoms with van der Waals surface area (Å²) in [7, 11) is 3.18. The Morgan fingerprint density at radius 3 is 2.30 bits per heavy atom. The van der Waals surface area contributed by atoms with Gasteiger partial charge >= 0.3 is 51.4 Å². The fraction of sp³-hybridized carbons (Fsp3) is 0.435. The van der Waals surface area contributed by atoms with Gasteiger partial charge in [-0.2, -0.15) is 11.6 Å². The topological polar surface area (TPSA) is 73.6 Å². The molecule has 1 aliphatic rings. The first-order chi connectivity index (χ1) is 13.9. The normalized spacial score (nSPS) is 12.8. The first-order valence-electron chi connectivity index (χ1n) is 9.72. The van der Waals surface area contributed by atoms with E-state index in [-0.39, 0.29) is 57.3 Å². The van der Waals surface area contributed by atoms with E-state index in [1.807, 2.05) is 13.8 Å². The minimum absolute atomic E-state index is 0. The van der Waals surface area contributed by atoms with Crippen LogP contribution >= 0.6 is 11.3 Å². The maximum atomic E-state index is 11.9. The minimum Gasteiger partial charge on any atom is -0.497 e. The Morgan fingerprint density at radius 1 is 1.17 bits per heavy atom. The van der Waals surface area contributed by atoms with Crippen LogP contribution in [0.25, 0.3) is 0 Å². The number of benzene rings is 1. The van der Waals surface area contributed by atoms with Gasteiger partial charge in [0.2, 0.25) is 0 Å². The predicted octanol–water partition coefficient (Wildman–Crippen LogP) is 2.32. The third-order valence-electron chi connectivity index (χ3n) is 4.67. The van der Waals surface area contributed by atoms with Crippen molar-refractivity contribution in [3.8, 4) is 11.5 Å². The number of ether oxygens (including phenoxy) is 2. The molecule has 0 spiro atoms. The Hall–Kier alpha value is -0.834. The molecule has 3 N–H and O–H groups in total. The van der Waals surface area contributed by atoms with E-state index in [2.05, 4.69) is 24.5 Å². The van der Waals surface area contributed by atoms with E-state index in [9.17, 15) is 4.79 Å². The van der Waals surface area contributed by atoms with Crippen LogP contribution in [-0.4, -0.2) is 26.2 Å². The zero-order valence-electron chi connectivity index (χ0n) is 19.0. The van der Waals surface area contributed by atoms with E-state index in [0.29, 0.717) is 17.5 Å². The van der Waals surface area contributed by atoms with Crippen LogP contribution in [0.2, 0.25) is 0 Å². The largest absolute Gasteiger partial charge is 1.00 e. The van der Waals surface area contributed by atoms with Crippen molar-refractivity contribution in [2.45, 2.75) is 52.0 Å². The first-order valence-corrected chi connectivity index (χ1v) is 10.5. The number of hydrogen-bond acceptors (Lipinski definition) is 5. The number of nitrogen functional groups attached to an aromatic ring is 1. The van der Waals surface area contributed by atoms with Crippen molar-refractivity contribution in [2.75, 3.05) is 20.0 Å². The summed E-state index contributed by atoms with van der Waals surface area (Å²) in [4.78, 5) is 13.9. The summed E-state index contributed by atoms with van der Waals surface area (Å²) in [5, 5.41) is 3.12. The second-order valence-corrected chi connectivity index (χ2v) is 7.88. The SMILES string of the molecule is C=C.COc1ccc(N)c(OC)c1.Cc1[c-]c(C(=O)NC2CCCCC2)sc1C.[K+]. The van der Waals surface area contributed by atoms with Gasteiger partial charge in [-0.3, -0.25) is 0 Å². The number of carbonyl (C=O) groups excluding carboxylic acids is 1. The van der Waals surface area contributed by atoms with Gasteiger partial charge in [-0.15, -0.1) is 13.2 Å². The number of hydrogen-bond donors (Lipinski definition) is 2. The van der Waals surface area contributed by atoms with E-state index in [4.69, 9.17) is 15.2 Å². The van der Waals surface area contributed by atoms with Crippen molar-refractivity contribution in [1.82, 2.24) is 5.32 Å². The molecule has 0 atom stereocenters. The van der Waals surface area contributed by atoms with Gasteiger partial charge in [0.1, 0.15) is 11.5 Å². The van der Waals surface area contributed by atoms with Gasteiger partial charge in [-0.05, 0) is 29.9 Å². The van der Waals surface area contributed by atoms with Gasteiger partial charge in [0.15, 0.2) is 5.91 Å². The van der Waals surface area contributed by atoms with Crippen LogP contribution in [0.4, 0.5) is 5.69 Å². The minimum atomic E-state index is 0. The molecule has 0 radical (unpaired) electrons. The fourth-order valence-electron chi connectivity index (χ4n) is 2.93. The van der Waals surface area contributed by atoms with Crippen LogP contribution in [-0.2, 0) is 0 Å². The molecule has 1 amide bonds. The van der Waals surface area contributed by atoms with Crippen molar-refractivity contribution >= 4 is 22.9 Å². The van der Waals surface area contributed by atoms with E-state index in [1.165, 1.54) is 24.1 Å². The Labute approximate surface area is 227 Å². The summed E-state index contributed by atoms with van der Waals surface area (Å²) in [5.74, 6) is 1.45. The van der Waals surface area contributed by atoms with Crippen molar-refractivity contribution in [1.29, 1.82) is 0 Å². The molecule has 5 nitrogen and oxygen atoms in total.